The quantitative estimate of drug-likeness (QED) is 0.772. The summed E-state index contributed by atoms with van der Waals surface area (Å²) >= 11 is 0. The lowest BCUT2D eigenvalue weighted by molar-refractivity contribution is -0.131. The summed E-state index contributed by atoms with van der Waals surface area (Å²) in [6.07, 6.45) is 1.13. The fourth-order valence-electron chi connectivity index (χ4n) is 3.34. The molecule has 0 N–H and O–H groups in total. The number of hydrogen-bond donors (Lipinski definition) is 0. The van der Waals surface area contributed by atoms with Gasteiger partial charge in [-0.1, -0.05) is 29.8 Å². The van der Waals surface area contributed by atoms with E-state index in [1.165, 1.54) is 12.1 Å². The van der Waals surface area contributed by atoms with Crippen LogP contribution in [0.25, 0.3) is 0 Å². The first-order valence-electron chi connectivity index (χ1n) is 8.69. The van der Waals surface area contributed by atoms with E-state index in [0.717, 1.165) is 23.3 Å². The van der Waals surface area contributed by atoms with Gasteiger partial charge in [-0.3, -0.25) is 4.79 Å². The van der Waals surface area contributed by atoms with Crippen LogP contribution in [0.4, 0.5) is 4.39 Å². The van der Waals surface area contributed by atoms with Crippen molar-refractivity contribution in [1.29, 1.82) is 0 Å². The van der Waals surface area contributed by atoms with Gasteiger partial charge in [0.2, 0.25) is 5.91 Å². The van der Waals surface area contributed by atoms with Gasteiger partial charge in [0.1, 0.15) is 5.82 Å². The Labute approximate surface area is 153 Å². The van der Waals surface area contributed by atoms with Gasteiger partial charge in [0.15, 0.2) is 9.84 Å². The van der Waals surface area contributed by atoms with Gasteiger partial charge in [0.05, 0.1) is 16.6 Å². The van der Waals surface area contributed by atoms with Gasteiger partial charge in [0, 0.05) is 13.1 Å². The summed E-state index contributed by atoms with van der Waals surface area (Å²) in [7, 11) is -3.50. The number of halogens is 1. The molecule has 0 saturated carbocycles. The maximum absolute atomic E-state index is 13.0. The van der Waals surface area contributed by atoms with Crippen LogP contribution in [0.5, 0.6) is 0 Å². The number of nitrogens with zero attached hydrogens (tertiary/aromatic N) is 1. The first kappa shape index (κ1) is 18.6. The first-order chi connectivity index (χ1) is 12.4. The van der Waals surface area contributed by atoms with E-state index in [-0.39, 0.29) is 10.8 Å². The zero-order chi connectivity index (χ0) is 18.7. The van der Waals surface area contributed by atoms with Crippen LogP contribution in [-0.2, 0) is 21.1 Å². The minimum atomic E-state index is -3.50. The largest absolute Gasteiger partial charge is 0.342 e. The molecule has 0 aliphatic carbocycles. The highest BCUT2D eigenvalue weighted by Gasteiger charge is 2.32. The van der Waals surface area contributed by atoms with Crippen molar-refractivity contribution in [2.45, 2.75) is 36.3 Å². The molecule has 0 bridgehead atoms. The molecule has 0 atom stereocenters. The maximum Gasteiger partial charge on any atom is 0.226 e. The molecule has 1 aliphatic heterocycles. The second-order valence-corrected chi connectivity index (χ2v) is 8.97. The standard InChI is InChI=1S/C20H22FNO3S/c1-15-3-2-4-16(13-15)14-20(23)22-11-9-19(10-12-22)26(24,25)18-7-5-17(21)6-8-18/h2-8,13,19H,9-12,14H2,1H3. The molecular formula is C20H22FNO3S. The number of carbonyl (C=O) groups is 1. The normalized spacial score (nSPS) is 15.8. The smallest absolute Gasteiger partial charge is 0.226 e. The molecule has 1 aliphatic rings. The van der Waals surface area contributed by atoms with Crippen molar-refractivity contribution in [2.24, 2.45) is 0 Å². The fourth-order valence-corrected chi connectivity index (χ4v) is 5.07. The third kappa shape index (κ3) is 4.12. The minimum Gasteiger partial charge on any atom is -0.342 e. The van der Waals surface area contributed by atoms with E-state index in [0.29, 0.717) is 32.4 Å². The van der Waals surface area contributed by atoms with Crippen molar-refractivity contribution in [1.82, 2.24) is 4.90 Å². The van der Waals surface area contributed by atoms with Gasteiger partial charge in [-0.2, -0.15) is 0 Å². The van der Waals surface area contributed by atoms with Gasteiger partial charge in [-0.25, -0.2) is 12.8 Å². The molecule has 138 valence electrons. The fraction of sp³-hybridized carbons (Fsp3) is 0.350. The van der Waals surface area contributed by atoms with E-state index in [9.17, 15) is 17.6 Å². The van der Waals surface area contributed by atoms with Crippen LogP contribution < -0.4 is 0 Å². The van der Waals surface area contributed by atoms with E-state index in [2.05, 4.69) is 0 Å². The van der Waals surface area contributed by atoms with E-state index >= 15 is 0 Å². The minimum absolute atomic E-state index is 0.0215. The lowest BCUT2D eigenvalue weighted by Crippen LogP contribution is -2.43. The number of hydrogen-bond acceptors (Lipinski definition) is 3. The third-order valence-corrected chi connectivity index (χ3v) is 7.09. The second kappa shape index (κ2) is 7.58. The number of rotatable bonds is 4. The molecule has 26 heavy (non-hydrogen) atoms. The van der Waals surface area contributed by atoms with Crippen molar-refractivity contribution >= 4 is 15.7 Å². The Morgan fingerprint density at radius 2 is 1.77 bits per heavy atom. The molecule has 0 spiro atoms. The van der Waals surface area contributed by atoms with Crippen LogP contribution in [0, 0.1) is 12.7 Å². The highest BCUT2D eigenvalue weighted by molar-refractivity contribution is 7.92. The summed E-state index contributed by atoms with van der Waals surface area (Å²) in [5.74, 6) is -0.436. The molecule has 6 heteroatoms. The van der Waals surface area contributed by atoms with Gasteiger partial charge in [-0.15, -0.1) is 0 Å². The van der Waals surface area contributed by atoms with E-state index in [1.54, 1.807) is 4.90 Å². The Kier molecular flexibility index (Phi) is 5.41. The molecule has 0 radical (unpaired) electrons. The van der Waals surface area contributed by atoms with Crippen molar-refractivity contribution < 1.29 is 17.6 Å². The molecule has 3 rings (SSSR count). The SMILES string of the molecule is Cc1cccc(CC(=O)N2CCC(S(=O)(=O)c3ccc(F)cc3)CC2)c1. The predicted octanol–water partition coefficient (Wildman–Crippen LogP) is 3.14. The van der Waals surface area contributed by atoms with E-state index in [1.807, 2.05) is 31.2 Å². The molecule has 4 nitrogen and oxygen atoms in total. The number of sulfone groups is 1. The monoisotopic (exact) mass is 375 g/mol. The molecule has 2 aromatic carbocycles. The van der Waals surface area contributed by atoms with Crippen LogP contribution in [0.15, 0.2) is 53.4 Å². The predicted molar refractivity (Wildman–Crippen MR) is 98.1 cm³/mol. The summed E-state index contributed by atoms with van der Waals surface area (Å²) in [6, 6.07) is 12.8. The summed E-state index contributed by atoms with van der Waals surface area (Å²) in [4.78, 5) is 14.4. The summed E-state index contributed by atoms with van der Waals surface area (Å²) < 4.78 is 38.4. The Morgan fingerprint density at radius 3 is 2.38 bits per heavy atom. The number of piperidine rings is 1. The van der Waals surface area contributed by atoms with Gasteiger partial charge in [0.25, 0.3) is 0 Å². The lowest BCUT2D eigenvalue weighted by atomic mass is 10.1. The number of benzene rings is 2. The number of likely N-dealkylation sites (tertiary alicyclic amines) is 1. The molecule has 0 aromatic heterocycles. The second-order valence-electron chi connectivity index (χ2n) is 6.74. The Morgan fingerprint density at radius 1 is 1.12 bits per heavy atom. The molecular weight excluding hydrogens is 353 g/mol. The Balaban J connectivity index is 1.61. The van der Waals surface area contributed by atoms with Crippen molar-refractivity contribution in [2.75, 3.05) is 13.1 Å². The van der Waals surface area contributed by atoms with E-state index < -0.39 is 20.9 Å². The molecule has 1 heterocycles. The van der Waals surface area contributed by atoms with Crippen molar-refractivity contribution in [3.63, 3.8) is 0 Å². The zero-order valence-electron chi connectivity index (χ0n) is 14.7. The zero-order valence-corrected chi connectivity index (χ0v) is 15.5. The van der Waals surface area contributed by atoms with Crippen LogP contribution in [0.2, 0.25) is 0 Å². The third-order valence-electron chi connectivity index (χ3n) is 4.81. The summed E-state index contributed by atoms with van der Waals surface area (Å²) in [5, 5.41) is -0.531. The summed E-state index contributed by atoms with van der Waals surface area (Å²) in [5.41, 5.74) is 2.08. The molecule has 2 aromatic rings. The van der Waals surface area contributed by atoms with Gasteiger partial charge < -0.3 is 4.90 Å². The number of aryl methyl sites for hydroxylation is 1. The first-order valence-corrected chi connectivity index (χ1v) is 10.2. The maximum atomic E-state index is 13.0. The van der Waals surface area contributed by atoms with Crippen molar-refractivity contribution in [3.05, 3.63) is 65.5 Å². The van der Waals surface area contributed by atoms with E-state index in [4.69, 9.17) is 0 Å². The van der Waals surface area contributed by atoms with Crippen LogP contribution in [0.3, 0.4) is 0 Å². The topological polar surface area (TPSA) is 54.5 Å². The molecule has 1 saturated heterocycles. The van der Waals surface area contributed by atoms with Crippen LogP contribution in [-0.4, -0.2) is 37.6 Å². The lowest BCUT2D eigenvalue weighted by Gasteiger charge is -2.32. The number of carbonyl (C=O) groups excluding carboxylic acids is 1. The Hall–Kier alpha value is -2.21. The highest BCUT2D eigenvalue weighted by atomic mass is 32.2. The molecule has 1 amide bonds. The summed E-state index contributed by atoms with van der Waals surface area (Å²) in [6.45, 7) is 2.84. The van der Waals surface area contributed by atoms with Gasteiger partial charge >= 0.3 is 0 Å². The highest BCUT2D eigenvalue weighted by Crippen LogP contribution is 2.25. The average Bonchev–Trinajstić information content (AvgIpc) is 2.62. The molecule has 1 fully saturated rings. The number of amides is 1. The van der Waals surface area contributed by atoms with Crippen LogP contribution >= 0.6 is 0 Å². The average molecular weight is 375 g/mol. The van der Waals surface area contributed by atoms with Gasteiger partial charge in [-0.05, 0) is 49.6 Å². The Bertz CT molecular complexity index is 886. The van der Waals surface area contributed by atoms with Crippen LogP contribution in [0.1, 0.15) is 24.0 Å². The van der Waals surface area contributed by atoms with Crippen molar-refractivity contribution in [3.8, 4) is 0 Å². The molecule has 0 unspecified atom stereocenters.